The Morgan fingerprint density at radius 3 is 2.71 bits per heavy atom. The van der Waals surface area contributed by atoms with Crippen molar-refractivity contribution in [3.05, 3.63) is 59.9 Å². The van der Waals surface area contributed by atoms with Crippen molar-refractivity contribution in [1.82, 2.24) is 0 Å². The maximum Gasteiger partial charge on any atom is 0.296 e. The topological polar surface area (TPSA) is 24.2 Å². The van der Waals surface area contributed by atoms with Crippen LogP contribution in [0.25, 0.3) is 0 Å². The first kappa shape index (κ1) is 13.8. The van der Waals surface area contributed by atoms with Gasteiger partial charge in [-0.15, -0.1) is 0 Å². The number of hydrogen-bond acceptors (Lipinski definition) is 1. The van der Waals surface area contributed by atoms with Crippen molar-refractivity contribution in [2.24, 2.45) is 0 Å². The van der Waals surface area contributed by atoms with E-state index >= 15 is 0 Å². The molecule has 3 nitrogen and oxygen atoms in total. The van der Waals surface area contributed by atoms with Crippen LogP contribution in [0.4, 0.5) is 5.69 Å². The van der Waals surface area contributed by atoms with Crippen molar-refractivity contribution >= 4 is 11.6 Å². The third-order valence-corrected chi connectivity index (χ3v) is 4.32. The molecule has 0 aliphatic carbocycles. The molecule has 21 heavy (non-hydrogen) atoms. The lowest BCUT2D eigenvalue weighted by Gasteiger charge is -2.24. The van der Waals surface area contributed by atoms with Gasteiger partial charge in [0.05, 0.1) is 0 Å². The van der Waals surface area contributed by atoms with Crippen LogP contribution in [-0.2, 0) is 11.2 Å². The van der Waals surface area contributed by atoms with Crippen molar-refractivity contribution in [2.45, 2.75) is 39.3 Å². The molecule has 0 unspecified atom stereocenters. The van der Waals surface area contributed by atoms with Crippen LogP contribution < -0.4 is 9.47 Å². The third kappa shape index (κ3) is 2.33. The molecule has 3 rings (SSSR count). The largest absolute Gasteiger partial charge is 0.303 e. The number of amides is 1. The van der Waals surface area contributed by atoms with E-state index in [0.29, 0.717) is 0 Å². The number of rotatable bonds is 2. The maximum absolute atomic E-state index is 13.0. The fraction of sp³-hybridized carbons (Fsp3) is 0.333. The minimum absolute atomic E-state index is 0.159. The van der Waals surface area contributed by atoms with Gasteiger partial charge in [-0.2, -0.15) is 4.57 Å². The van der Waals surface area contributed by atoms with Crippen molar-refractivity contribution in [3.8, 4) is 0 Å². The van der Waals surface area contributed by atoms with Gasteiger partial charge in [-0.25, -0.2) is 0 Å². The van der Waals surface area contributed by atoms with Crippen LogP contribution >= 0.6 is 0 Å². The lowest BCUT2D eigenvalue weighted by Crippen LogP contribution is -2.51. The summed E-state index contributed by atoms with van der Waals surface area (Å²) in [5.74, 6) is 0.159. The van der Waals surface area contributed by atoms with Gasteiger partial charge in [-0.1, -0.05) is 24.3 Å². The Morgan fingerprint density at radius 2 is 1.95 bits per heavy atom. The molecule has 1 aliphatic rings. The molecule has 0 saturated carbocycles. The van der Waals surface area contributed by atoms with E-state index < -0.39 is 0 Å². The van der Waals surface area contributed by atoms with E-state index in [-0.39, 0.29) is 18.0 Å². The van der Waals surface area contributed by atoms with Crippen LogP contribution in [0, 0.1) is 6.92 Å². The Labute approximate surface area is 125 Å². The van der Waals surface area contributed by atoms with E-state index in [1.165, 1.54) is 5.56 Å². The summed E-state index contributed by atoms with van der Waals surface area (Å²) in [6, 6.07) is 14.2. The number of hydrogen-bond donors (Lipinski definition) is 0. The van der Waals surface area contributed by atoms with Gasteiger partial charge in [0.1, 0.15) is 0 Å². The molecular formula is C18H21N2O+. The zero-order valence-corrected chi connectivity index (χ0v) is 12.8. The zero-order chi connectivity index (χ0) is 15.0. The second kappa shape index (κ2) is 5.32. The van der Waals surface area contributed by atoms with Gasteiger partial charge in [0.25, 0.3) is 5.91 Å². The molecule has 0 radical (unpaired) electrons. The molecule has 1 aromatic carbocycles. The van der Waals surface area contributed by atoms with E-state index in [1.54, 1.807) is 0 Å². The van der Waals surface area contributed by atoms with Crippen LogP contribution in [0.5, 0.6) is 0 Å². The average molecular weight is 281 g/mol. The number of aromatic nitrogens is 1. The Morgan fingerprint density at radius 1 is 1.24 bits per heavy atom. The monoisotopic (exact) mass is 281 g/mol. The predicted molar refractivity (Wildman–Crippen MR) is 83.2 cm³/mol. The minimum Gasteiger partial charge on any atom is -0.303 e. The maximum atomic E-state index is 13.0. The quantitative estimate of drug-likeness (QED) is 0.777. The fourth-order valence-electron chi connectivity index (χ4n) is 3.20. The van der Waals surface area contributed by atoms with E-state index in [2.05, 4.69) is 13.0 Å². The van der Waals surface area contributed by atoms with E-state index in [0.717, 1.165) is 17.8 Å². The summed E-state index contributed by atoms with van der Waals surface area (Å²) in [7, 11) is 0. The number of para-hydroxylation sites is 1. The van der Waals surface area contributed by atoms with Gasteiger partial charge < -0.3 is 4.90 Å². The highest BCUT2D eigenvalue weighted by atomic mass is 16.2. The average Bonchev–Trinajstić information content (AvgIpc) is 2.82. The zero-order valence-electron chi connectivity index (χ0n) is 12.8. The number of carbonyl (C=O) groups is 1. The SMILES string of the molecule is Cc1cccc[n+]1[C@H](C)C(=O)N1c2ccccc2C[C@H]1C. The number of aryl methyl sites for hydroxylation is 1. The second-order valence-corrected chi connectivity index (χ2v) is 5.82. The lowest BCUT2D eigenvalue weighted by atomic mass is 10.1. The van der Waals surface area contributed by atoms with Crippen LogP contribution in [0.3, 0.4) is 0 Å². The molecule has 0 spiro atoms. The minimum atomic E-state index is -0.195. The molecule has 3 heteroatoms. The second-order valence-electron chi connectivity index (χ2n) is 5.82. The first-order chi connectivity index (χ1) is 10.1. The molecule has 0 saturated heterocycles. The Bertz CT molecular complexity index is 680. The number of fused-ring (bicyclic) bond motifs is 1. The highest BCUT2D eigenvalue weighted by Gasteiger charge is 2.36. The highest BCUT2D eigenvalue weighted by Crippen LogP contribution is 2.32. The molecule has 0 bridgehead atoms. The van der Waals surface area contributed by atoms with Gasteiger partial charge >= 0.3 is 0 Å². The number of nitrogens with zero attached hydrogens (tertiary/aromatic N) is 2. The molecule has 2 atom stereocenters. The smallest absolute Gasteiger partial charge is 0.296 e. The summed E-state index contributed by atoms with van der Waals surface area (Å²) >= 11 is 0. The van der Waals surface area contributed by atoms with Gasteiger partial charge in [0.15, 0.2) is 11.9 Å². The molecule has 1 aliphatic heterocycles. The number of pyridine rings is 1. The lowest BCUT2D eigenvalue weighted by molar-refractivity contribution is -0.711. The van der Waals surface area contributed by atoms with Gasteiger partial charge in [0.2, 0.25) is 6.04 Å². The highest BCUT2D eigenvalue weighted by molar-refractivity contribution is 5.97. The van der Waals surface area contributed by atoms with Crippen molar-refractivity contribution in [2.75, 3.05) is 4.90 Å². The van der Waals surface area contributed by atoms with E-state index in [1.807, 2.05) is 65.9 Å². The van der Waals surface area contributed by atoms with Gasteiger partial charge in [-0.05, 0) is 25.0 Å². The third-order valence-electron chi connectivity index (χ3n) is 4.32. The standard InChI is InChI=1S/C18H21N2O/c1-13-8-6-7-11-19(13)15(3)18(21)20-14(2)12-16-9-4-5-10-17(16)20/h4-11,14-15H,12H2,1-3H3/q+1/t14-,15-/m1/s1. The fourth-order valence-corrected chi connectivity index (χ4v) is 3.20. The molecule has 1 amide bonds. The van der Waals surface area contributed by atoms with Gasteiger partial charge in [0, 0.05) is 37.7 Å². The summed E-state index contributed by atoms with van der Waals surface area (Å²) in [5.41, 5.74) is 3.43. The summed E-state index contributed by atoms with van der Waals surface area (Å²) in [6.45, 7) is 6.13. The summed E-state index contributed by atoms with van der Waals surface area (Å²) in [6.07, 6.45) is 2.91. The van der Waals surface area contributed by atoms with Crippen LogP contribution in [-0.4, -0.2) is 11.9 Å². The molecule has 0 fully saturated rings. The normalized spacial score (nSPS) is 18.4. The van der Waals surface area contributed by atoms with Crippen LogP contribution in [0.15, 0.2) is 48.7 Å². The van der Waals surface area contributed by atoms with E-state index in [4.69, 9.17) is 0 Å². The summed E-state index contributed by atoms with van der Waals surface area (Å²) in [4.78, 5) is 14.9. The molecular weight excluding hydrogens is 260 g/mol. The van der Waals surface area contributed by atoms with Crippen molar-refractivity contribution < 1.29 is 9.36 Å². The molecule has 1 aromatic heterocycles. The molecule has 0 N–H and O–H groups in total. The Kier molecular flexibility index (Phi) is 3.50. The van der Waals surface area contributed by atoms with Crippen molar-refractivity contribution in [3.63, 3.8) is 0 Å². The first-order valence-electron chi connectivity index (χ1n) is 7.47. The van der Waals surface area contributed by atoms with Crippen LogP contribution in [0.1, 0.15) is 31.1 Å². The molecule has 2 aromatic rings. The molecule has 2 heterocycles. The Hall–Kier alpha value is -2.16. The summed E-state index contributed by atoms with van der Waals surface area (Å²) in [5, 5.41) is 0. The number of anilines is 1. The predicted octanol–water partition coefficient (Wildman–Crippen LogP) is 2.82. The molecule has 108 valence electrons. The number of benzene rings is 1. The van der Waals surface area contributed by atoms with E-state index in [9.17, 15) is 4.79 Å². The number of carbonyl (C=O) groups excluding carboxylic acids is 1. The van der Waals surface area contributed by atoms with Crippen LogP contribution in [0.2, 0.25) is 0 Å². The Balaban J connectivity index is 1.94. The first-order valence-corrected chi connectivity index (χ1v) is 7.47. The van der Waals surface area contributed by atoms with Crippen molar-refractivity contribution in [1.29, 1.82) is 0 Å². The summed E-state index contributed by atoms with van der Waals surface area (Å²) < 4.78 is 2.04. The van der Waals surface area contributed by atoms with Gasteiger partial charge in [-0.3, -0.25) is 4.79 Å².